The van der Waals surface area contributed by atoms with E-state index in [1.165, 1.54) is 4.88 Å². The zero-order valence-electron chi connectivity index (χ0n) is 11.4. The van der Waals surface area contributed by atoms with Crippen molar-refractivity contribution in [2.75, 3.05) is 18.4 Å². The van der Waals surface area contributed by atoms with Crippen LogP contribution in [-0.4, -0.2) is 40.2 Å². The molecule has 3 heterocycles. The van der Waals surface area contributed by atoms with Gasteiger partial charge in [0, 0.05) is 30.6 Å². The van der Waals surface area contributed by atoms with Gasteiger partial charge in [-0.25, -0.2) is 18.7 Å². The molecule has 0 saturated carbocycles. The molecule has 0 aliphatic carbocycles. The number of aromatic nitrogens is 2. The molecular weight excluding hydrogens is 294 g/mol. The Balaban J connectivity index is 1.58. The van der Waals surface area contributed by atoms with Crippen molar-refractivity contribution in [2.24, 2.45) is 0 Å². The van der Waals surface area contributed by atoms with Crippen LogP contribution in [0.15, 0.2) is 29.9 Å². The molecule has 0 amide bonds. The highest BCUT2D eigenvalue weighted by Crippen LogP contribution is 2.24. The molecule has 1 N–H and O–H groups in total. The van der Waals surface area contributed by atoms with Crippen LogP contribution < -0.4 is 5.32 Å². The molecule has 1 aliphatic heterocycles. The summed E-state index contributed by atoms with van der Waals surface area (Å²) >= 11 is 1.68. The summed E-state index contributed by atoms with van der Waals surface area (Å²) < 4.78 is 26.4. The lowest BCUT2D eigenvalue weighted by Crippen LogP contribution is -2.34. The van der Waals surface area contributed by atoms with Gasteiger partial charge >= 0.3 is 0 Å². The number of anilines is 1. The van der Waals surface area contributed by atoms with Crippen molar-refractivity contribution >= 4 is 17.3 Å². The van der Waals surface area contributed by atoms with Crippen LogP contribution in [0.4, 0.5) is 14.7 Å². The van der Waals surface area contributed by atoms with Gasteiger partial charge in [0.25, 0.3) is 0 Å². The van der Waals surface area contributed by atoms with Crippen molar-refractivity contribution in [3.8, 4) is 0 Å². The lowest BCUT2D eigenvalue weighted by atomic mass is 10.2. The van der Waals surface area contributed by atoms with Crippen molar-refractivity contribution in [1.29, 1.82) is 0 Å². The van der Waals surface area contributed by atoms with Crippen molar-refractivity contribution in [3.63, 3.8) is 0 Å². The Labute approximate surface area is 125 Å². The summed E-state index contributed by atoms with van der Waals surface area (Å²) in [6.07, 6.45) is 1.93. The SMILES string of the molecule is Fc1cnc(NC[C@@H]2C[C@H](F)CN2Cc2cccs2)nc1. The lowest BCUT2D eigenvalue weighted by Gasteiger charge is -2.23. The lowest BCUT2D eigenvalue weighted by molar-refractivity contribution is 0.243. The summed E-state index contributed by atoms with van der Waals surface area (Å²) in [4.78, 5) is 11.1. The molecule has 0 unspecified atom stereocenters. The summed E-state index contributed by atoms with van der Waals surface area (Å²) in [6, 6.07) is 4.16. The Bertz CT molecular complexity index is 561. The molecule has 0 radical (unpaired) electrons. The minimum absolute atomic E-state index is 0.0933. The third-order valence-electron chi connectivity index (χ3n) is 3.53. The maximum absolute atomic E-state index is 13.7. The van der Waals surface area contributed by atoms with Crippen LogP contribution in [0.25, 0.3) is 0 Å². The van der Waals surface area contributed by atoms with Crippen molar-refractivity contribution < 1.29 is 8.78 Å². The summed E-state index contributed by atoms with van der Waals surface area (Å²) in [5.41, 5.74) is 0. The minimum atomic E-state index is -0.800. The van der Waals surface area contributed by atoms with E-state index >= 15 is 0 Å². The third-order valence-corrected chi connectivity index (χ3v) is 4.39. The van der Waals surface area contributed by atoms with Crippen LogP contribution in [-0.2, 0) is 6.54 Å². The van der Waals surface area contributed by atoms with E-state index in [2.05, 4.69) is 26.3 Å². The Morgan fingerprint density at radius 2 is 2.19 bits per heavy atom. The summed E-state index contributed by atoms with van der Waals surface area (Å²) in [5, 5.41) is 5.08. The zero-order valence-corrected chi connectivity index (χ0v) is 12.2. The van der Waals surface area contributed by atoms with Crippen LogP contribution in [0.3, 0.4) is 0 Å². The van der Waals surface area contributed by atoms with Gasteiger partial charge in [-0.15, -0.1) is 11.3 Å². The van der Waals surface area contributed by atoms with Crippen LogP contribution in [0.1, 0.15) is 11.3 Å². The van der Waals surface area contributed by atoms with Crippen molar-refractivity contribution in [1.82, 2.24) is 14.9 Å². The number of rotatable bonds is 5. The summed E-state index contributed by atoms with van der Waals surface area (Å²) in [5.74, 6) is -0.0978. The van der Waals surface area contributed by atoms with Gasteiger partial charge in [0.15, 0.2) is 5.82 Å². The number of nitrogens with one attached hydrogen (secondary N) is 1. The third kappa shape index (κ3) is 3.74. The maximum Gasteiger partial charge on any atom is 0.222 e. The van der Waals surface area contributed by atoms with Gasteiger partial charge in [-0.2, -0.15) is 0 Å². The van der Waals surface area contributed by atoms with E-state index in [1.807, 2.05) is 11.4 Å². The predicted octanol–water partition coefficient (Wildman–Crippen LogP) is 2.70. The quantitative estimate of drug-likeness (QED) is 0.922. The molecule has 1 aliphatic rings. The standard InChI is InChI=1S/C14H16F2N4S/c15-10-4-12(7-19-14-17-5-11(16)6-18-14)20(8-10)9-13-2-1-3-21-13/h1-3,5-6,10,12H,4,7-9H2,(H,17,18,19)/t10-,12-/m0/s1. The topological polar surface area (TPSA) is 41.1 Å². The molecule has 0 aromatic carbocycles. The predicted molar refractivity (Wildman–Crippen MR) is 78.5 cm³/mol. The summed E-state index contributed by atoms with van der Waals surface area (Å²) in [7, 11) is 0. The fourth-order valence-corrected chi connectivity index (χ4v) is 3.27. The molecule has 0 bridgehead atoms. The van der Waals surface area contributed by atoms with E-state index in [-0.39, 0.29) is 6.04 Å². The number of hydrogen-bond acceptors (Lipinski definition) is 5. The largest absolute Gasteiger partial charge is 0.353 e. The van der Waals surface area contributed by atoms with Gasteiger partial charge in [-0.05, 0) is 17.9 Å². The van der Waals surface area contributed by atoms with Gasteiger partial charge in [-0.3, -0.25) is 4.90 Å². The summed E-state index contributed by atoms with van der Waals surface area (Å²) in [6.45, 7) is 1.76. The Hall–Kier alpha value is -1.60. The Morgan fingerprint density at radius 3 is 2.90 bits per heavy atom. The van der Waals surface area contributed by atoms with Gasteiger partial charge in [0.05, 0.1) is 12.4 Å². The Kier molecular flexibility index (Phi) is 4.40. The average molecular weight is 310 g/mol. The van der Waals surface area contributed by atoms with E-state index in [0.717, 1.165) is 18.9 Å². The zero-order chi connectivity index (χ0) is 14.7. The highest BCUT2D eigenvalue weighted by atomic mass is 32.1. The van der Waals surface area contributed by atoms with Gasteiger partial charge < -0.3 is 5.32 Å². The normalized spacial score (nSPS) is 22.6. The first-order valence-electron chi connectivity index (χ1n) is 6.82. The Morgan fingerprint density at radius 1 is 1.38 bits per heavy atom. The van der Waals surface area contributed by atoms with Gasteiger partial charge in [-0.1, -0.05) is 6.07 Å². The average Bonchev–Trinajstić information content (AvgIpc) is 3.09. The molecule has 2 aromatic rings. The fraction of sp³-hybridized carbons (Fsp3) is 0.429. The second-order valence-corrected chi connectivity index (χ2v) is 6.13. The second kappa shape index (κ2) is 6.44. The molecule has 112 valence electrons. The smallest absolute Gasteiger partial charge is 0.222 e. The number of nitrogens with zero attached hydrogens (tertiary/aromatic N) is 3. The van der Waals surface area contributed by atoms with E-state index in [1.54, 1.807) is 11.3 Å². The molecule has 2 aromatic heterocycles. The highest BCUT2D eigenvalue weighted by molar-refractivity contribution is 7.09. The molecular formula is C14H16F2N4S. The van der Waals surface area contributed by atoms with Gasteiger partial charge in [0.2, 0.25) is 5.95 Å². The van der Waals surface area contributed by atoms with Gasteiger partial charge in [0.1, 0.15) is 6.17 Å². The minimum Gasteiger partial charge on any atom is -0.353 e. The monoisotopic (exact) mass is 310 g/mol. The number of thiophene rings is 1. The first-order valence-corrected chi connectivity index (χ1v) is 7.70. The van der Waals surface area contributed by atoms with Crippen LogP contribution >= 0.6 is 11.3 Å². The van der Waals surface area contributed by atoms with E-state index in [0.29, 0.717) is 25.5 Å². The first kappa shape index (κ1) is 14.3. The van der Waals surface area contributed by atoms with Crippen LogP contribution in [0, 0.1) is 5.82 Å². The maximum atomic E-state index is 13.7. The molecule has 0 spiro atoms. The van der Waals surface area contributed by atoms with E-state index < -0.39 is 12.0 Å². The molecule has 7 heteroatoms. The first-order chi connectivity index (χ1) is 10.2. The number of halogens is 2. The number of alkyl halides is 1. The molecule has 4 nitrogen and oxygen atoms in total. The van der Waals surface area contributed by atoms with Crippen molar-refractivity contribution in [3.05, 3.63) is 40.6 Å². The molecule has 3 rings (SSSR count). The second-order valence-electron chi connectivity index (χ2n) is 5.10. The van der Waals surface area contributed by atoms with Crippen molar-refractivity contribution in [2.45, 2.75) is 25.2 Å². The van der Waals surface area contributed by atoms with E-state index in [4.69, 9.17) is 0 Å². The molecule has 21 heavy (non-hydrogen) atoms. The fourth-order valence-electron chi connectivity index (χ4n) is 2.54. The van der Waals surface area contributed by atoms with Crippen LogP contribution in [0.5, 0.6) is 0 Å². The van der Waals surface area contributed by atoms with Crippen LogP contribution in [0.2, 0.25) is 0 Å². The molecule has 1 saturated heterocycles. The number of likely N-dealkylation sites (tertiary alicyclic amines) is 1. The molecule has 1 fully saturated rings. The number of hydrogen-bond donors (Lipinski definition) is 1. The highest BCUT2D eigenvalue weighted by Gasteiger charge is 2.32. The molecule has 2 atom stereocenters. The van der Waals surface area contributed by atoms with E-state index in [9.17, 15) is 8.78 Å².